The lowest BCUT2D eigenvalue weighted by atomic mass is 10.1. The van der Waals surface area contributed by atoms with Crippen molar-refractivity contribution in [1.82, 2.24) is 0 Å². The van der Waals surface area contributed by atoms with Gasteiger partial charge in [-0.1, -0.05) is 31.9 Å². The molecule has 2 unspecified atom stereocenters. The first kappa shape index (κ1) is 14.6. The number of carbonyl (C=O) groups excluding carboxylic acids is 1. The minimum absolute atomic E-state index is 0.248. The zero-order valence-electron chi connectivity index (χ0n) is 8.92. The Labute approximate surface area is 115 Å². The first-order valence-electron chi connectivity index (χ1n) is 4.86. The summed E-state index contributed by atoms with van der Waals surface area (Å²) in [6.07, 6.45) is 0. The predicted molar refractivity (Wildman–Crippen MR) is 67.4 cm³/mol. The van der Waals surface area contributed by atoms with Crippen molar-refractivity contribution >= 4 is 37.8 Å². The van der Waals surface area contributed by atoms with Crippen LogP contribution in [0.3, 0.4) is 0 Å². The Kier molecular flexibility index (Phi) is 5.52. The number of esters is 1. The van der Waals surface area contributed by atoms with E-state index in [0.29, 0.717) is 5.56 Å². The van der Waals surface area contributed by atoms with Crippen molar-refractivity contribution in [3.05, 3.63) is 35.4 Å². The van der Waals surface area contributed by atoms with E-state index in [1.807, 2.05) is 0 Å². The van der Waals surface area contributed by atoms with Crippen LogP contribution < -0.4 is 0 Å². The minimum Gasteiger partial charge on any atom is -0.465 e. The van der Waals surface area contributed by atoms with Crippen molar-refractivity contribution in [3.8, 4) is 0 Å². The lowest BCUT2D eigenvalue weighted by molar-refractivity contribution is -0.142. The van der Waals surface area contributed by atoms with Crippen molar-refractivity contribution in [2.24, 2.45) is 0 Å². The van der Waals surface area contributed by atoms with E-state index in [4.69, 9.17) is 4.74 Å². The van der Waals surface area contributed by atoms with Gasteiger partial charge >= 0.3 is 5.97 Å². The molecule has 0 aliphatic rings. The molecule has 2 nitrogen and oxygen atoms in total. The van der Waals surface area contributed by atoms with Crippen LogP contribution in [0.1, 0.15) is 17.3 Å². The second-order valence-corrected chi connectivity index (χ2v) is 5.23. The Hall–Kier alpha value is -0.490. The molecule has 0 spiro atoms. The molecule has 0 saturated carbocycles. The Morgan fingerprint density at radius 1 is 1.29 bits per heavy atom. The molecule has 0 fully saturated rings. The van der Waals surface area contributed by atoms with Crippen LogP contribution in [0.4, 0.5) is 8.78 Å². The number of hydrogen-bond donors (Lipinski definition) is 0. The topological polar surface area (TPSA) is 26.3 Å². The lowest BCUT2D eigenvalue weighted by Crippen LogP contribution is -2.21. The fraction of sp³-hybridized carbons (Fsp3) is 0.364. The van der Waals surface area contributed by atoms with Gasteiger partial charge in [-0.05, 0) is 24.6 Å². The van der Waals surface area contributed by atoms with Gasteiger partial charge in [-0.25, -0.2) is 8.78 Å². The molecule has 0 N–H and O–H groups in total. The van der Waals surface area contributed by atoms with Crippen molar-refractivity contribution in [2.45, 2.75) is 16.6 Å². The molecule has 0 saturated heterocycles. The summed E-state index contributed by atoms with van der Waals surface area (Å²) in [5, 5.41) is 0. The molecule has 0 aliphatic carbocycles. The zero-order chi connectivity index (χ0) is 13.0. The Morgan fingerprint density at radius 3 is 2.29 bits per heavy atom. The van der Waals surface area contributed by atoms with Gasteiger partial charge in [0, 0.05) is 6.07 Å². The number of hydrogen-bond acceptors (Lipinski definition) is 2. The molecule has 1 aromatic rings. The van der Waals surface area contributed by atoms with Crippen molar-refractivity contribution in [3.63, 3.8) is 0 Å². The summed E-state index contributed by atoms with van der Waals surface area (Å²) >= 11 is 6.34. The van der Waals surface area contributed by atoms with Crippen LogP contribution in [-0.4, -0.2) is 17.4 Å². The van der Waals surface area contributed by atoms with E-state index in [-0.39, 0.29) is 6.61 Å². The van der Waals surface area contributed by atoms with Crippen molar-refractivity contribution < 1.29 is 18.3 Å². The average molecular weight is 372 g/mol. The maximum absolute atomic E-state index is 13.0. The molecule has 94 valence electrons. The second-order valence-electron chi connectivity index (χ2n) is 3.26. The molecule has 1 aromatic carbocycles. The molecule has 0 amide bonds. The van der Waals surface area contributed by atoms with Crippen LogP contribution >= 0.6 is 31.9 Å². The van der Waals surface area contributed by atoms with E-state index in [2.05, 4.69) is 31.9 Å². The summed E-state index contributed by atoms with van der Waals surface area (Å²) in [6.45, 7) is 1.93. The van der Waals surface area contributed by atoms with Crippen molar-refractivity contribution in [2.75, 3.05) is 6.61 Å². The molecule has 1 rings (SSSR count). The number of alkyl halides is 2. The molecular weight excluding hydrogens is 362 g/mol. The number of halogens is 4. The highest BCUT2D eigenvalue weighted by Gasteiger charge is 2.26. The summed E-state index contributed by atoms with van der Waals surface area (Å²) in [7, 11) is 0. The molecule has 17 heavy (non-hydrogen) atoms. The van der Waals surface area contributed by atoms with Crippen LogP contribution in [0.25, 0.3) is 0 Å². The smallest absolute Gasteiger partial charge is 0.321 e. The standard InChI is InChI=1S/C11H10Br2F2O2/c1-2-17-11(16)10(13)9(12)6-3-7(14)5-8(15)4-6/h3-5,9-10H,2H2,1H3. The van der Waals surface area contributed by atoms with Gasteiger partial charge in [0.1, 0.15) is 16.5 Å². The third-order valence-electron chi connectivity index (χ3n) is 1.97. The van der Waals surface area contributed by atoms with Crippen LogP contribution in [-0.2, 0) is 9.53 Å². The van der Waals surface area contributed by atoms with E-state index in [1.165, 1.54) is 0 Å². The summed E-state index contributed by atoms with van der Waals surface area (Å²) < 4.78 is 30.8. The number of benzene rings is 1. The fourth-order valence-corrected chi connectivity index (χ4v) is 2.16. The summed E-state index contributed by atoms with van der Waals surface area (Å²) in [6, 6.07) is 3.10. The molecule has 0 bridgehead atoms. The zero-order valence-corrected chi connectivity index (χ0v) is 12.1. The average Bonchev–Trinajstić information content (AvgIpc) is 2.26. The van der Waals surface area contributed by atoms with Crippen LogP contribution in [0.15, 0.2) is 18.2 Å². The van der Waals surface area contributed by atoms with E-state index in [1.54, 1.807) is 6.92 Å². The molecule has 2 atom stereocenters. The van der Waals surface area contributed by atoms with E-state index in [0.717, 1.165) is 18.2 Å². The Morgan fingerprint density at radius 2 is 1.82 bits per heavy atom. The van der Waals surface area contributed by atoms with Gasteiger partial charge in [-0.3, -0.25) is 4.79 Å². The van der Waals surface area contributed by atoms with Gasteiger partial charge in [0.15, 0.2) is 0 Å². The summed E-state index contributed by atoms with van der Waals surface area (Å²) in [5.74, 6) is -1.86. The molecular formula is C11H10Br2F2O2. The normalized spacial score (nSPS) is 14.2. The monoisotopic (exact) mass is 370 g/mol. The van der Waals surface area contributed by atoms with E-state index < -0.39 is 27.3 Å². The van der Waals surface area contributed by atoms with Gasteiger partial charge in [-0.2, -0.15) is 0 Å². The molecule has 0 aromatic heterocycles. The molecule has 6 heteroatoms. The molecule has 0 radical (unpaired) electrons. The molecule has 0 heterocycles. The van der Waals surface area contributed by atoms with Gasteiger partial charge in [-0.15, -0.1) is 0 Å². The highest BCUT2D eigenvalue weighted by molar-refractivity contribution is 9.12. The summed E-state index contributed by atoms with van der Waals surface area (Å²) in [5.41, 5.74) is 0.331. The van der Waals surface area contributed by atoms with Crippen LogP contribution in [0.5, 0.6) is 0 Å². The predicted octanol–water partition coefficient (Wildman–Crippen LogP) is 3.73. The largest absolute Gasteiger partial charge is 0.465 e. The minimum atomic E-state index is -0.705. The maximum Gasteiger partial charge on any atom is 0.321 e. The first-order valence-corrected chi connectivity index (χ1v) is 6.69. The van der Waals surface area contributed by atoms with E-state index in [9.17, 15) is 13.6 Å². The van der Waals surface area contributed by atoms with Crippen molar-refractivity contribution in [1.29, 1.82) is 0 Å². The third-order valence-corrected chi connectivity index (χ3v) is 4.64. The lowest BCUT2D eigenvalue weighted by Gasteiger charge is -2.15. The van der Waals surface area contributed by atoms with Gasteiger partial charge < -0.3 is 4.74 Å². The van der Waals surface area contributed by atoms with Crippen LogP contribution in [0, 0.1) is 11.6 Å². The number of carbonyl (C=O) groups is 1. The maximum atomic E-state index is 13.0. The highest BCUT2D eigenvalue weighted by atomic mass is 79.9. The number of ether oxygens (including phenoxy) is 1. The first-order chi connectivity index (χ1) is 7.95. The van der Waals surface area contributed by atoms with Gasteiger partial charge in [0.05, 0.1) is 11.4 Å². The quantitative estimate of drug-likeness (QED) is 0.595. The van der Waals surface area contributed by atoms with Gasteiger partial charge in [0.25, 0.3) is 0 Å². The third kappa shape index (κ3) is 4.03. The Bertz CT molecular complexity index is 392. The van der Waals surface area contributed by atoms with E-state index >= 15 is 0 Å². The summed E-state index contributed by atoms with van der Waals surface area (Å²) in [4.78, 5) is 10.2. The fourth-order valence-electron chi connectivity index (χ4n) is 1.24. The SMILES string of the molecule is CCOC(=O)C(Br)C(Br)c1cc(F)cc(F)c1. The number of rotatable bonds is 4. The highest BCUT2D eigenvalue weighted by Crippen LogP contribution is 2.32. The second kappa shape index (κ2) is 6.44. The molecule has 0 aliphatic heterocycles. The van der Waals surface area contributed by atoms with Gasteiger partial charge in [0.2, 0.25) is 0 Å². The Balaban J connectivity index is 2.87. The van der Waals surface area contributed by atoms with Crippen LogP contribution in [0.2, 0.25) is 0 Å².